The van der Waals surface area contributed by atoms with Crippen molar-refractivity contribution in [2.24, 2.45) is 5.73 Å². The van der Waals surface area contributed by atoms with Gasteiger partial charge in [-0.15, -0.1) is 13.2 Å². The molecule has 2 atom stereocenters. The van der Waals surface area contributed by atoms with Crippen LogP contribution < -0.4 is 10.5 Å². The van der Waals surface area contributed by atoms with E-state index in [1.165, 1.54) is 0 Å². The van der Waals surface area contributed by atoms with Gasteiger partial charge in [-0.1, -0.05) is 0 Å². The second kappa shape index (κ2) is 6.21. The van der Waals surface area contributed by atoms with Crippen molar-refractivity contribution in [3.05, 3.63) is 29.7 Å². The molecule has 9 heteroatoms. The van der Waals surface area contributed by atoms with Crippen LogP contribution in [0, 0.1) is 5.82 Å². The molecule has 0 spiro atoms. The molecule has 4 nitrogen and oxygen atoms in total. The molecule has 132 valence electrons. The first-order chi connectivity index (χ1) is 11.2. The molecule has 1 saturated heterocycles. The van der Waals surface area contributed by atoms with Crippen LogP contribution in [-0.4, -0.2) is 41.5 Å². The molecule has 1 aromatic heterocycles. The van der Waals surface area contributed by atoms with E-state index >= 15 is 0 Å². The van der Waals surface area contributed by atoms with E-state index in [1.54, 1.807) is 6.07 Å². The first kappa shape index (κ1) is 17.0. The molecule has 1 aliphatic heterocycles. The van der Waals surface area contributed by atoms with Gasteiger partial charge in [0.05, 0.1) is 0 Å². The smallest absolute Gasteiger partial charge is 0.403 e. The van der Waals surface area contributed by atoms with Crippen molar-refractivity contribution in [1.82, 2.24) is 9.88 Å². The zero-order chi connectivity index (χ0) is 17.5. The van der Waals surface area contributed by atoms with E-state index in [1.807, 2.05) is 4.90 Å². The number of hydrogen-bond acceptors (Lipinski definition) is 3. The van der Waals surface area contributed by atoms with Crippen LogP contribution in [0.3, 0.4) is 0 Å². The number of halogens is 5. The number of aromatic nitrogens is 1. The Morgan fingerprint density at radius 2 is 2.04 bits per heavy atom. The van der Waals surface area contributed by atoms with Crippen LogP contribution in [0.15, 0.2) is 18.2 Å². The number of alkyl halides is 4. The second-order valence-corrected chi connectivity index (χ2v) is 5.92. The van der Waals surface area contributed by atoms with E-state index < -0.39 is 30.1 Å². The van der Waals surface area contributed by atoms with E-state index in [0.717, 1.165) is 12.1 Å². The Bertz CT molecular complexity index is 730. The number of nitrogens with zero attached hydrogens (tertiary/aromatic N) is 1. The minimum absolute atomic E-state index is 0.333. The van der Waals surface area contributed by atoms with Gasteiger partial charge in [-0.25, -0.2) is 8.78 Å². The fraction of sp³-hybridized carbons (Fsp3) is 0.467. The minimum atomic E-state index is -4.96. The predicted octanol–water partition coefficient (Wildman–Crippen LogP) is 3.08. The Kier molecular flexibility index (Phi) is 4.39. The van der Waals surface area contributed by atoms with Gasteiger partial charge in [0.2, 0.25) is 0 Å². The molecule has 3 rings (SSSR count). The van der Waals surface area contributed by atoms with Gasteiger partial charge in [0, 0.05) is 48.3 Å². The van der Waals surface area contributed by atoms with Gasteiger partial charge in [0.25, 0.3) is 0 Å². The summed E-state index contributed by atoms with van der Waals surface area (Å²) in [5.74, 6) is -1.98. The molecule has 2 aromatic rings. The van der Waals surface area contributed by atoms with Gasteiger partial charge in [-0.3, -0.25) is 4.90 Å². The molecule has 0 saturated carbocycles. The van der Waals surface area contributed by atoms with Crippen LogP contribution in [0.4, 0.5) is 22.0 Å². The van der Waals surface area contributed by atoms with Crippen molar-refractivity contribution < 1.29 is 26.7 Å². The van der Waals surface area contributed by atoms with Crippen LogP contribution in [0.25, 0.3) is 10.9 Å². The van der Waals surface area contributed by atoms with E-state index in [0.29, 0.717) is 42.7 Å². The highest BCUT2D eigenvalue weighted by Crippen LogP contribution is 2.30. The molecule has 0 radical (unpaired) electrons. The van der Waals surface area contributed by atoms with Crippen molar-refractivity contribution >= 4 is 10.9 Å². The van der Waals surface area contributed by atoms with Crippen molar-refractivity contribution in [2.75, 3.05) is 13.1 Å². The molecule has 0 amide bonds. The summed E-state index contributed by atoms with van der Waals surface area (Å²) in [6, 6.07) is 3.01. The van der Waals surface area contributed by atoms with Crippen LogP contribution in [0.1, 0.15) is 12.1 Å². The maximum Gasteiger partial charge on any atom is 0.573 e. The molecule has 3 N–H and O–H groups in total. The van der Waals surface area contributed by atoms with Gasteiger partial charge in [0.1, 0.15) is 6.17 Å². The highest BCUT2D eigenvalue weighted by molar-refractivity contribution is 5.82. The number of aromatic amines is 1. The van der Waals surface area contributed by atoms with Crippen LogP contribution in [-0.2, 0) is 6.54 Å². The Morgan fingerprint density at radius 3 is 2.71 bits per heavy atom. The normalized spacial score (nSPS) is 22.9. The second-order valence-electron chi connectivity index (χ2n) is 5.92. The number of piperidine rings is 1. The minimum Gasteiger partial charge on any atom is -0.403 e. The van der Waals surface area contributed by atoms with Crippen molar-refractivity contribution in [3.63, 3.8) is 0 Å². The summed E-state index contributed by atoms with van der Waals surface area (Å²) in [5, 5.41) is 0.398. The van der Waals surface area contributed by atoms with Crippen molar-refractivity contribution in [2.45, 2.75) is 31.5 Å². The van der Waals surface area contributed by atoms with E-state index in [4.69, 9.17) is 5.73 Å². The number of hydrogen-bond donors (Lipinski definition) is 2. The third kappa shape index (κ3) is 3.78. The lowest BCUT2D eigenvalue weighted by Crippen LogP contribution is -2.49. The van der Waals surface area contributed by atoms with Crippen LogP contribution in [0.2, 0.25) is 0 Å². The standard InChI is InChI=1S/C15H16F5N3O/c16-10-1-2-23(7-12(10)21)6-9-3-8-4-14(24-15(18,19)20)11(17)5-13(8)22-9/h3-5,10,12,22H,1-2,6-7,21H2/t10-,12+/m1/s1. The Labute approximate surface area is 134 Å². The molecule has 0 unspecified atom stereocenters. The molecule has 0 bridgehead atoms. The number of nitrogens with two attached hydrogens (primary N) is 1. The maximum atomic E-state index is 13.7. The number of nitrogens with one attached hydrogen (secondary N) is 1. The third-order valence-electron chi connectivity index (χ3n) is 4.00. The lowest BCUT2D eigenvalue weighted by atomic mass is 10.0. The number of benzene rings is 1. The fourth-order valence-electron chi connectivity index (χ4n) is 2.89. The fourth-order valence-corrected chi connectivity index (χ4v) is 2.89. The van der Waals surface area contributed by atoms with E-state index in [-0.39, 0.29) is 0 Å². The average molecular weight is 349 g/mol. The predicted molar refractivity (Wildman–Crippen MR) is 77.7 cm³/mol. The molecule has 1 fully saturated rings. The summed E-state index contributed by atoms with van der Waals surface area (Å²) in [5.41, 5.74) is 6.74. The summed E-state index contributed by atoms with van der Waals surface area (Å²) in [7, 11) is 0. The van der Waals surface area contributed by atoms with Gasteiger partial charge in [-0.2, -0.15) is 0 Å². The number of likely N-dealkylation sites (tertiary alicyclic amines) is 1. The summed E-state index contributed by atoms with van der Waals surface area (Å²) in [4.78, 5) is 4.89. The lowest BCUT2D eigenvalue weighted by Gasteiger charge is -2.32. The molecule has 0 aliphatic carbocycles. The van der Waals surface area contributed by atoms with Crippen LogP contribution in [0.5, 0.6) is 5.75 Å². The van der Waals surface area contributed by atoms with Crippen LogP contribution >= 0.6 is 0 Å². The number of H-pyrrole nitrogens is 1. The SMILES string of the molecule is N[C@H]1CN(Cc2cc3cc(OC(F)(F)F)c(F)cc3[nH]2)CC[C@H]1F. The molecule has 2 heterocycles. The number of fused-ring (bicyclic) bond motifs is 1. The molecule has 1 aromatic carbocycles. The number of rotatable bonds is 3. The van der Waals surface area contributed by atoms with E-state index in [9.17, 15) is 22.0 Å². The zero-order valence-corrected chi connectivity index (χ0v) is 12.5. The topological polar surface area (TPSA) is 54.3 Å². The molecular formula is C15H16F5N3O. The quantitative estimate of drug-likeness (QED) is 0.838. The van der Waals surface area contributed by atoms with Gasteiger partial charge >= 0.3 is 6.36 Å². The van der Waals surface area contributed by atoms with Gasteiger partial charge in [0.15, 0.2) is 11.6 Å². The average Bonchev–Trinajstić information content (AvgIpc) is 2.83. The van der Waals surface area contributed by atoms with Crippen molar-refractivity contribution in [1.29, 1.82) is 0 Å². The summed E-state index contributed by atoms with van der Waals surface area (Å²) >= 11 is 0. The highest BCUT2D eigenvalue weighted by Gasteiger charge is 2.32. The van der Waals surface area contributed by atoms with Gasteiger partial charge < -0.3 is 15.5 Å². The molecule has 24 heavy (non-hydrogen) atoms. The highest BCUT2D eigenvalue weighted by atomic mass is 19.4. The van der Waals surface area contributed by atoms with Gasteiger partial charge in [-0.05, 0) is 18.6 Å². The summed E-state index contributed by atoms with van der Waals surface area (Å²) < 4.78 is 67.5. The Balaban J connectivity index is 1.78. The Hall–Kier alpha value is -1.87. The zero-order valence-electron chi connectivity index (χ0n) is 12.5. The maximum absolute atomic E-state index is 13.7. The summed E-state index contributed by atoms with van der Waals surface area (Å²) in [6.07, 6.45) is -5.65. The Morgan fingerprint density at radius 1 is 1.29 bits per heavy atom. The van der Waals surface area contributed by atoms with E-state index in [2.05, 4.69) is 9.72 Å². The third-order valence-corrected chi connectivity index (χ3v) is 4.00. The first-order valence-corrected chi connectivity index (χ1v) is 7.40. The van der Waals surface area contributed by atoms with Crippen molar-refractivity contribution in [3.8, 4) is 5.75 Å². The first-order valence-electron chi connectivity index (χ1n) is 7.40. The monoisotopic (exact) mass is 349 g/mol. The molecule has 1 aliphatic rings. The largest absolute Gasteiger partial charge is 0.573 e. The molecular weight excluding hydrogens is 333 g/mol. The lowest BCUT2D eigenvalue weighted by molar-refractivity contribution is -0.275. The number of ether oxygens (including phenoxy) is 1. The summed E-state index contributed by atoms with van der Waals surface area (Å²) in [6.45, 7) is 1.33.